The fraction of sp³-hybridized carbons (Fsp3) is 0.385. The Morgan fingerprint density at radius 2 is 2.00 bits per heavy atom. The van der Waals surface area contributed by atoms with Gasteiger partial charge in [-0.05, 0) is 32.4 Å². The van der Waals surface area contributed by atoms with Crippen LogP contribution in [-0.4, -0.2) is 29.1 Å². The number of nitrogens with one attached hydrogen (secondary N) is 2. The van der Waals surface area contributed by atoms with Crippen molar-refractivity contribution >= 4 is 17.6 Å². The number of hydrogen-bond acceptors (Lipinski definition) is 3. The van der Waals surface area contributed by atoms with E-state index in [1.807, 2.05) is 0 Å². The van der Waals surface area contributed by atoms with Crippen LogP contribution in [0.4, 0.5) is 14.5 Å². The van der Waals surface area contributed by atoms with Gasteiger partial charge in [0.1, 0.15) is 0 Å². The third-order valence-corrected chi connectivity index (χ3v) is 3.41. The lowest BCUT2D eigenvalue weighted by atomic mass is 9.99. The molecule has 0 saturated carbocycles. The molecule has 20 heavy (non-hydrogen) atoms. The highest BCUT2D eigenvalue weighted by atomic mass is 19.2. The monoisotopic (exact) mass is 284 g/mol. The summed E-state index contributed by atoms with van der Waals surface area (Å²) in [7, 11) is 0. The summed E-state index contributed by atoms with van der Waals surface area (Å²) in [6.07, 6.45) is 1.40. The summed E-state index contributed by atoms with van der Waals surface area (Å²) in [6.45, 7) is 2.35. The first kappa shape index (κ1) is 14.4. The Morgan fingerprint density at radius 3 is 2.55 bits per heavy atom. The van der Waals surface area contributed by atoms with Gasteiger partial charge >= 0.3 is 5.97 Å². The third-order valence-electron chi connectivity index (χ3n) is 3.41. The van der Waals surface area contributed by atoms with Crippen LogP contribution in [-0.2, 0) is 4.79 Å². The van der Waals surface area contributed by atoms with Gasteiger partial charge in [-0.15, -0.1) is 0 Å². The average Bonchev–Trinajstić information content (AvgIpc) is 2.81. The van der Waals surface area contributed by atoms with Crippen molar-refractivity contribution in [1.82, 2.24) is 5.32 Å². The number of carbonyl (C=O) groups is 2. The van der Waals surface area contributed by atoms with Gasteiger partial charge in [0.25, 0.3) is 0 Å². The van der Waals surface area contributed by atoms with E-state index >= 15 is 0 Å². The number of amides is 1. The minimum absolute atomic E-state index is 0.253. The molecule has 1 unspecified atom stereocenters. The molecule has 2 rings (SSSR count). The zero-order valence-electron chi connectivity index (χ0n) is 10.8. The van der Waals surface area contributed by atoms with Crippen molar-refractivity contribution in [1.29, 1.82) is 0 Å². The molecule has 3 N–H and O–H groups in total. The smallest absolute Gasteiger partial charge is 0.337 e. The van der Waals surface area contributed by atoms with Crippen LogP contribution in [0.2, 0.25) is 0 Å². The predicted octanol–water partition coefficient (Wildman–Crippen LogP) is 1.74. The molecule has 0 spiro atoms. The van der Waals surface area contributed by atoms with Gasteiger partial charge in [-0.1, -0.05) is 0 Å². The zero-order chi connectivity index (χ0) is 14.9. The molecule has 1 amide bonds. The van der Waals surface area contributed by atoms with Crippen LogP contribution in [0.15, 0.2) is 12.1 Å². The second-order valence-electron chi connectivity index (χ2n) is 4.93. The van der Waals surface area contributed by atoms with Crippen molar-refractivity contribution in [3.63, 3.8) is 0 Å². The molecular formula is C13H14F2N2O3. The summed E-state index contributed by atoms with van der Waals surface area (Å²) in [6, 6.07) is 1.23. The van der Waals surface area contributed by atoms with E-state index in [4.69, 9.17) is 5.11 Å². The number of rotatable bonds is 3. The Kier molecular flexibility index (Phi) is 3.71. The van der Waals surface area contributed by atoms with Crippen molar-refractivity contribution in [2.24, 2.45) is 0 Å². The Balaban J connectivity index is 2.31. The van der Waals surface area contributed by atoms with Crippen molar-refractivity contribution < 1.29 is 23.5 Å². The number of carboxylic acid groups (broad SMARTS) is 1. The van der Waals surface area contributed by atoms with E-state index in [-0.39, 0.29) is 5.69 Å². The van der Waals surface area contributed by atoms with Crippen LogP contribution in [0.1, 0.15) is 30.1 Å². The second-order valence-corrected chi connectivity index (χ2v) is 4.93. The molecule has 1 aromatic rings. The van der Waals surface area contributed by atoms with Crippen LogP contribution in [0.25, 0.3) is 0 Å². The molecule has 1 atom stereocenters. The first-order valence-electron chi connectivity index (χ1n) is 6.12. The van der Waals surface area contributed by atoms with Crippen LogP contribution >= 0.6 is 0 Å². The Hall–Kier alpha value is -2.02. The molecule has 1 aliphatic rings. The molecule has 0 aromatic heterocycles. The summed E-state index contributed by atoms with van der Waals surface area (Å²) < 4.78 is 26.3. The minimum atomic E-state index is -1.44. The maximum atomic E-state index is 13.2. The summed E-state index contributed by atoms with van der Waals surface area (Å²) >= 11 is 0. The third kappa shape index (κ3) is 2.62. The molecule has 0 aliphatic carbocycles. The Labute approximate surface area is 114 Å². The lowest BCUT2D eigenvalue weighted by Crippen LogP contribution is -2.48. The van der Waals surface area contributed by atoms with Crippen LogP contribution in [0.3, 0.4) is 0 Å². The van der Waals surface area contributed by atoms with Crippen LogP contribution in [0, 0.1) is 11.6 Å². The summed E-state index contributed by atoms with van der Waals surface area (Å²) in [5, 5.41) is 14.3. The standard InChI is InChI=1S/C13H14F2N2O3/c1-13(3-2-4-16-13)12(20)17-10-6-9(15)8(14)5-7(10)11(18)19/h5-6,16H,2-4H2,1H3,(H,17,20)(H,18,19). The number of carboxylic acids is 1. The molecule has 5 nitrogen and oxygen atoms in total. The molecular weight excluding hydrogens is 270 g/mol. The normalized spacial score (nSPS) is 21.8. The molecule has 7 heteroatoms. The maximum absolute atomic E-state index is 13.2. The summed E-state index contributed by atoms with van der Waals surface area (Å²) in [5.74, 6) is -4.40. The highest BCUT2D eigenvalue weighted by Crippen LogP contribution is 2.24. The number of aromatic carboxylic acids is 1. The highest BCUT2D eigenvalue weighted by Gasteiger charge is 2.36. The molecule has 1 saturated heterocycles. The van der Waals surface area contributed by atoms with Crippen LogP contribution < -0.4 is 10.6 Å². The number of anilines is 1. The fourth-order valence-corrected chi connectivity index (χ4v) is 2.18. The van der Waals surface area contributed by atoms with E-state index in [1.54, 1.807) is 6.92 Å². The average molecular weight is 284 g/mol. The van der Waals surface area contributed by atoms with Gasteiger partial charge in [0.15, 0.2) is 11.6 Å². The Bertz CT molecular complexity index is 569. The lowest BCUT2D eigenvalue weighted by Gasteiger charge is -2.23. The molecule has 1 heterocycles. The van der Waals surface area contributed by atoms with Crippen molar-refractivity contribution in [3.8, 4) is 0 Å². The van der Waals surface area contributed by atoms with Gasteiger partial charge in [-0.25, -0.2) is 13.6 Å². The first-order valence-corrected chi connectivity index (χ1v) is 6.12. The predicted molar refractivity (Wildman–Crippen MR) is 67.6 cm³/mol. The topological polar surface area (TPSA) is 78.4 Å². The van der Waals surface area contributed by atoms with Gasteiger partial charge in [0, 0.05) is 6.07 Å². The van der Waals surface area contributed by atoms with E-state index in [0.29, 0.717) is 25.1 Å². The quantitative estimate of drug-likeness (QED) is 0.790. The largest absolute Gasteiger partial charge is 0.478 e. The number of carbonyl (C=O) groups excluding carboxylic acids is 1. The molecule has 108 valence electrons. The lowest BCUT2D eigenvalue weighted by molar-refractivity contribution is -0.121. The molecule has 1 fully saturated rings. The van der Waals surface area contributed by atoms with Crippen LogP contribution in [0.5, 0.6) is 0 Å². The first-order chi connectivity index (χ1) is 9.33. The van der Waals surface area contributed by atoms with E-state index < -0.39 is 34.6 Å². The minimum Gasteiger partial charge on any atom is -0.478 e. The summed E-state index contributed by atoms with van der Waals surface area (Å²) in [4.78, 5) is 23.1. The summed E-state index contributed by atoms with van der Waals surface area (Å²) in [5.41, 5.74) is -1.57. The van der Waals surface area contributed by atoms with E-state index in [0.717, 1.165) is 6.42 Å². The van der Waals surface area contributed by atoms with E-state index in [9.17, 15) is 18.4 Å². The molecule has 1 aromatic carbocycles. The van der Waals surface area contributed by atoms with Crippen molar-refractivity contribution in [2.75, 3.05) is 11.9 Å². The molecule has 0 radical (unpaired) electrons. The Morgan fingerprint density at radius 1 is 1.35 bits per heavy atom. The van der Waals surface area contributed by atoms with Crippen molar-refractivity contribution in [3.05, 3.63) is 29.3 Å². The van der Waals surface area contributed by atoms with Gasteiger partial charge < -0.3 is 15.7 Å². The van der Waals surface area contributed by atoms with Gasteiger partial charge in [0.2, 0.25) is 5.91 Å². The van der Waals surface area contributed by atoms with Gasteiger partial charge in [-0.2, -0.15) is 0 Å². The van der Waals surface area contributed by atoms with Crippen molar-refractivity contribution in [2.45, 2.75) is 25.3 Å². The maximum Gasteiger partial charge on any atom is 0.337 e. The van der Waals surface area contributed by atoms with E-state index in [1.165, 1.54) is 0 Å². The van der Waals surface area contributed by atoms with Gasteiger partial charge in [0.05, 0.1) is 16.8 Å². The van der Waals surface area contributed by atoms with E-state index in [2.05, 4.69) is 10.6 Å². The van der Waals surface area contributed by atoms with Gasteiger partial charge in [-0.3, -0.25) is 4.79 Å². The molecule has 0 bridgehead atoms. The SMILES string of the molecule is CC1(C(=O)Nc2cc(F)c(F)cc2C(=O)O)CCCN1. The fourth-order valence-electron chi connectivity index (χ4n) is 2.18. The number of benzene rings is 1. The highest BCUT2D eigenvalue weighted by molar-refractivity contribution is 6.03. The number of hydrogen-bond donors (Lipinski definition) is 3. The molecule has 1 aliphatic heterocycles. The number of halogens is 2. The second kappa shape index (κ2) is 5.16. The zero-order valence-corrected chi connectivity index (χ0v) is 10.8.